The van der Waals surface area contributed by atoms with Gasteiger partial charge in [0.25, 0.3) is 0 Å². The monoisotopic (exact) mass is 256 g/mol. The van der Waals surface area contributed by atoms with Gasteiger partial charge in [-0.25, -0.2) is 0 Å². The number of piperidine rings is 1. The van der Waals surface area contributed by atoms with Crippen molar-refractivity contribution < 1.29 is 4.74 Å². The largest absolute Gasteiger partial charge is 0.380 e. The van der Waals surface area contributed by atoms with Crippen LogP contribution in [0.5, 0.6) is 0 Å². The first kappa shape index (κ1) is 15.9. The highest BCUT2D eigenvalue weighted by molar-refractivity contribution is 4.83. The molecule has 0 radical (unpaired) electrons. The van der Waals surface area contributed by atoms with Crippen LogP contribution in [0.3, 0.4) is 0 Å². The maximum atomic E-state index is 5.59. The molecule has 0 bridgehead atoms. The maximum Gasteiger partial charge on any atom is 0.0622 e. The summed E-state index contributed by atoms with van der Waals surface area (Å²) in [5.74, 6) is 1.41. The molecule has 1 aliphatic rings. The van der Waals surface area contributed by atoms with Gasteiger partial charge < -0.3 is 15.0 Å². The standard InChI is InChI=1S/C15H32N2O/c1-6-18-11-15(12(2)3)16-13(4)14-8-7-9-17(5)10-14/h12-16H,6-11H2,1-5H3. The van der Waals surface area contributed by atoms with E-state index in [9.17, 15) is 0 Å². The topological polar surface area (TPSA) is 24.5 Å². The maximum absolute atomic E-state index is 5.59. The molecular formula is C15H32N2O. The Morgan fingerprint density at radius 1 is 1.33 bits per heavy atom. The van der Waals surface area contributed by atoms with Gasteiger partial charge in [-0.15, -0.1) is 0 Å². The second-order valence-corrected chi connectivity index (χ2v) is 6.13. The Kier molecular flexibility index (Phi) is 7.20. The van der Waals surface area contributed by atoms with Crippen LogP contribution in [0.4, 0.5) is 0 Å². The minimum atomic E-state index is 0.479. The van der Waals surface area contributed by atoms with Gasteiger partial charge in [-0.05, 0) is 52.1 Å². The van der Waals surface area contributed by atoms with Crippen LogP contribution in [-0.2, 0) is 4.74 Å². The lowest BCUT2D eigenvalue weighted by atomic mass is 9.90. The average Bonchev–Trinajstić information content (AvgIpc) is 2.33. The molecule has 0 aromatic heterocycles. The van der Waals surface area contributed by atoms with Crippen LogP contribution in [-0.4, -0.2) is 50.3 Å². The van der Waals surface area contributed by atoms with Gasteiger partial charge in [-0.2, -0.15) is 0 Å². The molecule has 3 atom stereocenters. The van der Waals surface area contributed by atoms with E-state index in [0.717, 1.165) is 19.1 Å². The molecule has 0 saturated carbocycles. The van der Waals surface area contributed by atoms with Crippen LogP contribution in [0, 0.1) is 11.8 Å². The molecule has 0 aliphatic carbocycles. The Labute approximate surface area is 113 Å². The summed E-state index contributed by atoms with van der Waals surface area (Å²) in [6.07, 6.45) is 2.70. The van der Waals surface area contributed by atoms with Gasteiger partial charge in [-0.1, -0.05) is 13.8 Å². The van der Waals surface area contributed by atoms with Crippen molar-refractivity contribution in [2.24, 2.45) is 11.8 Å². The second-order valence-electron chi connectivity index (χ2n) is 6.13. The minimum absolute atomic E-state index is 0.479. The summed E-state index contributed by atoms with van der Waals surface area (Å²) in [5, 5.41) is 3.79. The Bertz CT molecular complexity index is 221. The van der Waals surface area contributed by atoms with Crippen molar-refractivity contribution in [2.45, 2.75) is 52.6 Å². The zero-order chi connectivity index (χ0) is 13.5. The molecule has 108 valence electrons. The first-order valence-corrected chi connectivity index (χ1v) is 7.56. The third kappa shape index (κ3) is 5.25. The highest BCUT2D eigenvalue weighted by Gasteiger charge is 2.25. The number of ether oxygens (including phenoxy) is 1. The normalized spacial score (nSPS) is 25.3. The number of rotatable bonds is 7. The fourth-order valence-electron chi connectivity index (χ4n) is 2.77. The summed E-state index contributed by atoms with van der Waals surface area (Å²) < 4.78 is 5.59. The van der Waals surface area contributed by atoms with E-state index in [1.54, 1.807) is 0 Å². The van der Waals surface area contributed by atoms with E-state index in [1.807, 2.05) is 0 Å². The molecule has 3 nitrogen and oxygen atoms in total. The summed E-state index contributed by atoms with van der Waals surface area (Å²) >= 11 is 0. The summed E-state index contributed by atoms with van der Waals surface area (Å²) in [4.78, 5) is 2.46. The quantitative estimate of drug-likeness (QED) is 0.757. The van der Waals surface area contributed by atoms with E-state index in [1.165, 1.54) is 25.9 Å². The van der Waals surface area contributed by atoms with Crippen LogP contribution < -0.4 is 5.32 Å². The van der Waals surface area contributed by atoms with Crippen LogP contribution in [0.2, 0.25) is 0 Å². The molecule has 1 N–H and O–H groups in total. The van der Waals surface area contributed by atoms with Crippen molar-refractivity contribution in [3.8, 4) is 0 Å². The second kappa shape index (κ2) is 8.13. The van der Waals surface area contributed by atoms with Crippen molar-refractivity contribution >= 4 is 0 Å². The fraction of sp³-hybridized carbons (Fsp3) is 1.00. The van der Waals surface area contributed by atoms with Crippen molar-refractivity contribution in [3.63, 3.8) is 0 Å². The van der Waals surface area contributed by atoms with Gasteiger partial charge in [-0.3, -0.25) is 0 Å². The lowest BCUT2D eigenvalue weighted by Gasteiger charge is -2.36. The smallest absolute Gasteiger partial charge is 0.0622 e. The summed E-state index contributed by atoms with van der Waals surface area (Å²) in [5.41, 5.74) is 0. The van der Waals surface area contributed by atoms with Gasteiger partial charge >= 0.3 is 0 Å². The van der Waals surface area contributed by atoms with E-state index < -0.39 is 0 Å². The van der Waals surface area contributed by atoms with E-state index in [-0.39, 0.29) is 0 Å². The van der Waals surface area contributed by atoms with Crippen molar-refractivity contribution in [1.82, 2.24) is 10.2 Å². The number of hydrogen-bond donors (Lipinski definition) is 1. The van der Waals surface area contributed by atoms with Gasteiger partial charge in [0.15, 0.2) is 0 Å². The lowest BCUT2D eigenvalue weighted by Crippen LogP contribution is -2.49. The highest BCUT2D eigenvalue weighted by Crippen LogP contribution is 2.19. The molecule has 1 aliphatic heterocycles. The van der Waals surface area contributed by atoms with Crippen LogP contribution >= 0.6 is 0 Å². The average molecular weight is 256 g/mol. The number of hydrogen-bond acceptors (Lipinski definition) is 3. The molecule has 0 spiro atoms. The molecule has 1 heterocycles. The molecule has 1 rings (SSSR count). The first-order valence-electron chi connectivity index (χ1n) is 7.56. The molecule has 0 amide bonds. The zero-order valence-electron chi connectivity index (χ0n) is 12.9. The van der Waals surface area contributed by atoms with E-state index in [0.29, 0.717) is 18.0 Å². The molecule has 0 aromatic carbocycles. The van der Waals surface area contributed by atoms with Gasteiger partial charge in [0.1, 0.15) is 0 Å². The van der Waals surface area contributed by atoms with Gasteiger partial charge in [0, 0.05) is 25.2 Å². The van der Waals surface area contributed by atoms with E-state index >= 15 is 0 Å². The zero-order valence-corrected chi connectivity index (χ0v) is 12.9. The molecule has 18 heavy (non-hydrogen) atoms. The van der Waals surface area contributed by atoms with Crippen molar-refractivity contribution in [1.29, 1.82) is 0 Å². The van der Waals surface area contributed by atoms with Gasteiger partial charge in [0.2, 0.25) is 0 Å². The summed E-state index contributed by atoms with van der Waals surface area (Å²) in [6, 6.07) is 1.06. The van der Waals surface area contributed by atoms with Crippen LogP contribution in [0.1, 0.15) is 40.5 Å². The predicted octanol–water partition coefficient (Wildman–Crippen LogP) is 2.37. The fourth-order valence-corrected chi connectivity index (χ4v) is 2.77. The lowest BCUT2D eigenvalue weighted by molar-refractivity contribution is 0.0929. The molecule has 1 saturated heterocycles. The highest BCUT2D eigenvalue weighted by atomic mass is 16.5. The Balaban J connectivity index is 2.41. The van der Waals surface area contributed by atoms with Crippen molar-refractivity contribution in [3.05, 3.63) is 0 Å². The number of likely N-dealkylation sites (tertiary alicyclic amines) is 1. The SMILES string of the molecule is CCOCC(NC(C)C1CCCN(C)C1)C(C)C. The molecule has 0 aromatic rings. The van der Waals surface area contributed by atoms with Crippen LogP contribution in [0.25, 0.3) is 0 Å². The van der Waals surface area contributed by atoms with Crippen molar-refractivity contribution in [2.75, 3.05) is 33.4 Å². The molecule has 3 unspecified atom stereocenters. The third-order valence-electron chi connectivity index (χ3n) is 4.15. The van der Waals surface area contributed by atoms with E-state index in [4.69, 9.17) is 4.74 Å². The Morgan fingerprint density at radius 2 is 2.06 bits per heavy atom. The Morgan fingerprint density at radius 3 is 2.61 bits per heavy atom. The van der Waals surface area contributed by atoms with Crippen LogP contribution in [0.15, 0.2) is 0 Å². The Hall–Kier alpha value is -0.120. The predicted molar refractivity (Wildman–Crippen MR) is 77.9 cm³/mol. The number of nitrogens with zero attached hydrogens (tertiary/aromatic N) is 1. The third-order valence-corrected chi connectivity index (χ3v) is 4.15. The molecule has 3 heteroatoms. The molecular weight excluding hydrogens is 224 g/mol. The number of nitrogens with one attached hydrogen (secondary N) is 1. The first-order chi connectivity index (χ1) is 8.54. The summed E-state index contributed by atoms with van der Waals surface area (Å²) in [7, 11) is 2.24. The van der Waals surface area contributed by atoms with E-state index in [2.05, 4.69) is 45.0 Å². The summed E-state index contributed by atoms with van der Waals surface area (Å²) in [6.45, 7) is 13.1. The molecule has 1 fully saturated rings. The minimum Gasteiger partial charge on any atom is -0.380 e. The van der Waals surface area contributed by atoms with Gasteiger partial charge in [0.05, 0.1) is 6.61 Å².